The Balaban J connectivity index is 1.42. The van der Waals surface area contributed by atoms with Gasteiger partial charge in [0.05, 0.1) is 12.2 Å². The van der Waals surface area contributed by atoms with Crippen LogP contribution in [-0.2, 0) is 22.6 Å². The van der Waals surface area contributed by atoms with Crippen LogP contribution in [0, 0.1) is 5.92 Å². The molecule has 1 heterocycles. The van der Waals surface area contributed by atoms with Gasteiger partial charge in [-0.2, -0.15) is 0 Å². The van der Waals surface area contributed by atoms with Gasteiger partial charge in [0.2, 0.25) is 0 Å². The Kier molecular flexibility index (Phi) is 21.6. The molecule has 1 aromatic heterocycles. The quantitative estimate of drug-likeness (QED) is 0.0675. The van der Waals surface area contributed by atoms with Crippen LogP contribution in [0.1, 0.15) is 183 Å². The number of carbonyl (C=O) groups is 3. The fourth-order valence-electron chi connectivity index (χ4n) is 6.03. The van der Waals surface area contributed by atoms with E-state index in [-0.39, 0.29) is 5.78 Å². The van der Waals surface area contributed by atoms with Crippen molar-refractivity contribution in [1.82, 2.24) is 15.0 Å². The van der Waals surface area contributed by atoms with Gasteiger partial charge in [0, 0.05) is 37.4 Å². The Morgan fingerprint density at radius 3 is 1.78 bits per heavy atom. The molecule has 46 heavy (non-hydrogen) atoms. The third-order valence-electron chi connectivity index (χ3n) is 8.85. The van der Waals surface area contributed by atoms with Crippen molar-refractivity contribution in [2.75, 3.05) is 0 Å². The van der Waals surface area contributed by atoms with E-state index in [4.69, 9.17) is 5.11 Å². The van der Waals surface area contributed by atoms with Crippen LogP contribution in [0.15, 0.2) is 30.5 Å². The Morgan fingerprint density at radius 1 is 0.696 bits per heavy atom. The number of aliphatic carboxylic acids is 1. The van der Waals surface area contributed by atoms with Crippen molar-refractivity contribution in [3.8, 4) is 0 Å². The van der Waals surface area contributed by atoms with Crippen LogP contribution >= 0.6 is 0 Å². The molecule has 2 rings (SSSR count). The third kappa shape index (κ3) is 20.3. The molecule has 0 spiro atoms. The first kappa shape index (κ1) is 39.3. The summed E-state index contributed by atoms with van der Waals surface area (Å²) in [6, 6.07) is 7.85. The molecule has 0 aliphatic carbocycles. The van der Waals surface area contributed by atoms with Crippen molar-refractivity contribution in [2.24, 2.45) is 5.92 Å². The molecule has 7 nitrogen and oxygen atoms in total. The highest BCUT2D eigenvalue weighted by atomic mass is 16.4. The molecule has 0 saturated heterocycles. The maximum Gasteiger partial charge on any atom is 0.303 e. The van der Waals surface area contributed by atoms with Crippen molar-refractivity contribution in [2.45, 2.75) is 174 Å². The summed E-state index contributed by atoms with van der Waals surface area (Å²) in [5, 5.41) is 17.2. The maximum absolute atomic E-state index is 12.8. The van der Waals surface area contributed by atoms with Gasteiger partial charge >= 0.3 is 5.97 Å². The van der Waals surface area contributed by atoms with Gasteiger partial charge in [-0.15, -0.1) is 5.10 Å². The lowest BCUT2D eigenvalue weighted by Gasteiger charge is -2.06. The summed E-state index contributed by atoms with van der Waals surface area (Å²) in [4.78, 5) is 35.6. The van der Waals surface area contributed by atoms with Crippen molar-refractivity contribution >= 4 is 17.5 Å². The van der Waals surface area contributed by atoms with Crippen LogP contribution in [0.4, 0.5) is 0 Å². The summed E-state index contributed by atoms with van der Waals surface area (Å²) in [5.74, 6) is 0.565. The molecule has 0 amide bonds. The molecule has 0 aliphatic heterocycles. The van der Waals surface area contributed by atoms with Gasteiger partial charge in [0.1, 0.15) is 5.78 Å². The van der Waals surface area contributed by atoms with E-state index in [0.717, 1.165) is 74.6 Å². The minimum absolute atomic E-state index is 0.169. The minimum Gasteiger partial charge on any atom is -0.481 e. The second-order valence-electron chi connectivity index (χ2n) is 13.8. The normalized spacial score (nSPS) is 11.4. The standard InChI is InChI=1S/C39H63N3O4/c1-33(2)22-20-25-36-32-42(41-40-36)31-34-23-21-24-35(30-34)38(44)28-18-15-17-27-37(43)26-16-13-11-9-7-5-3-4-6-8-10-12-14-19-29-39(45)46/h21,23-24,30,32-33H,3-20,22,25-29,31H2,1-2H3,(H,45,46). The van der Waals surface area contributed by atoms with E-state index >= 15 is 0 Å². The molecule has 0 atom stereocenters. The maximum atomic E-state index is 12.8. The first-order valence-corrected chi connectivity index (χ1v) is 18.6. The van der Waals surface area contributed by atoms with E-state index in [1.807, 2.05) is 35.1 Å². The predicted molar refractivity (Wildman–Crippen MR) is 187 cm³/mol. The lowest BCUT2D eigenvalue weighted by molar-refractivity contribution is -0.137. The smallest absolute Gasteiger partial charge is 0.303 e. The molecule has 0 fully saturated rings. The van der Waals surface area contributed by atoms with Crippen molar-refractivity contribution in [3.63, 3.8) is 0 Å². The Hall–Kier alpha value is -2.83. The van der Waals surface area contributed by atoms with E-state index < -0.39 is 5.97 Å². The largest absolute Gasteiger partial charge is 0.481 e. The molecule has 0 unspecified atom stereocenters. The van der Waals surface area contributed by atoms with Crippen molar-refractivity contribution in [3.05, 3.63) is 47.3 Å². The number of benzene rings is 1. The van der Waals surface area contributed by atoms with E-state index in [1.165, 1.54) is 70.6 Å². The molecule has 2 aromatic rings. The lowest BCUT2D eigenvalue weighted by atomic mass is 10.0. The van der Waals surface area contributed by atoms with Crippen LogP contribution < -0.4 is 0 Å². The van der Waals surface area contributed by atoms with Crippen LogP contribution in [0.5, 0.6) is 0 Å². The highest BCUT2D eigenvalue weighted by molar-refractivity contribution is 5.96. The zero-order valence-electron chi connectivity index (χ0n) is 29.2. The number of carboxylic acids is 1. The van der Waals surface area contributed by atoms with Crippen LogP contribution in [0.25, 0.3) is 0 Å². The molecule has 258 valence electrons. The fourth-order valence-corrected chi connectivity index (χ4v) is 6.03. The first-order chi connectivity index (χ1) is 22.3. The number of carboxylic acid groups (broad SMARTS) is 1. The molecule has 0 radical (unpaired) electrons. The number of unbranched alkanes of at least 4 members (excludes halogenated alkanes) is 15. The van der Waals surface area contributed by atoms with Gasteiger partial charge in [0.25, 0.3) is 0 Å². The summed E-state index contributed by atoms with van der Waals surface area (Å²) < 4.78 is 1.86. The number of ketones is 2. The highest BCUT2D eigenvalue weighted by Crippen LogP contribution is 2.16. The zero-order chi connectivity index (χ0) is 33.2. The summed E-state index contributed by atoms with van der Waals surface area (Å²) in [6.07, 6.45) is 26.8. The average molecular weight is 638 g/mol. The number of nitrogens with zero attached hydrogens (tertiary/aromatic N) is 3. The fraction of sp³-hybridized carbons (Fsp3) is 0.718. The second-order valence-corrected chi connectivity index (χ2v) is 13.8. The third-order valence-corrected chi connectivity index (χ3v) is 8.85. The van der Waals surface area contributed by atoms with E-state index in [9.17, 15) is 14.4 Å². The summed E-state index contributed by atoms with van der Waals surface area (Å²) in [5.41, 5.74) is 2.83. The SMILES string of the molecule is CC(C)CCCc1cn(Cc2cccc(C(=O)CCCCCC(=O)CCCCCCCCCCCCCCCCC(=O)O)c2)nn1. The molecule has 1 aromatic carbocycles. The summed E-state index contributed by atoms with van der Waals surface area (Å²) >= 11 is 0. The van der Waals surface area contributed by atoms with Gasteiger partial charge in [0.15, 0.2) is 5.78 Å². The monoisotopic (exact) mass is 637 g/mol. The van der Waals surface area contributed by atoms with E-state index in [0.29, 0.717) is 43.9 Å². The average Bonchev–Trinajstić information content (AvgIpc) is 3.47. The lowest BCUT2D eigenvalue weighted by Crippen LogP contribution is -2.04. The Labute approximate surface area is 279 Å². The molecular weight excluding hydrogens is 574 g/mol. The predicted octanol–water partition coefficient (Wildman–Crippen LogP) is 10.3. The van der Waals surface area contributed by atoms with Gasteiger partial charge < -0.3 is 5.11 Å². The van der Waals surface area contributed by atoms with Crippen LogP contribution in [-0.4, -0.2) is 37.6 Å². The highest BCUT2D eigenvalue weighted by Gasteiger charge is 2.09. The number of Topliss-reactive ketones (excluding diaryl/α,β-unsaturated/α-hetero) is 2. The van der Waals surface area contributed by atoms with Gasteiger partial charge in [-0.05, 0) is 56.1 Å². The first-order valence-electron chi connectivity index (χ1n) is 18.6. The molecule has 0 saturated carbocycles. The Morgan fingerprint density at radius 2 is 1.22 bits per heavy atom. The number of aromatic nitrogens is 3. The number of hydrogen-bond acceptors (Lipinski definition) is 5. The Bertz CT molecular complexity index is 1110. The van der Waals surface area contributed by atoms with Crippen LogP contribution in [0.2, 0.25) is 0 Å². The summed E-state index contributed by atoms with van der Waals surface area (Å²) in [7, 11) is 0. The zero-order valence-corrected chi connectivity index (χ0v) is 29.2. The van der Waals surface area contributed by atoms with Gasteiger partial charge in [-0.1, -0.05) is 127 Å². The van der Waals surface area contributed by atoms with Gasteiger partial charge in [-0.25, -0.2) is 4.68 Å². The molecule has 1 N–H and O–H groups in total. The topological polar surface area (TPSA) is 102 Å². The number of hydrogen-bond donors (Lipinski definition) is 1. The number of carbonyl (C=O) groups excluding carboxylic acids is 2. The summed E-state index contributed by atoms with van der Waals surface area (Å²) in [6.45, 7) is 5.09. The second kappa shape index (κ2) is 25.3. The van der Waals surface area contributed by atoms with E-state index in [1.54, 1.807) is 0 Å². The van der Waals surface area contributed by atoms with Crippen molar-refractivity contribution in [1.29, 1.82) is 0 Å². The van der Waals surface area contributed by atoms with Crippen molar-refractivity contribution < 1.29 is 19.5 Å². The molecular formula is C39H63N3O4. The van der Waals surface area contributed by atoms with E-state index in [2.05, 4.69) is 24.2 Å². The number of aryl methyl sites for hydroxylation is 1. The number of rotatable bonds is 30. The molecule has 0 bridgehead atoms. The minimum atomic E-state index is -0.678. The van der Waals surface area contributed by atoms with Crippen LogP contribution in [0.3, 0.4) is 0 Å². The molecule has 7 heteroatoms. The van der Waals surface area contributed by atoms with Gasteiger partial charge in [-0.3, -0.25) is 14.4 Å². The molecule has 0 aliphatic rings.